The molecule has 1 aliphatic heterocycles. The van der Waals surface area contributed by atoms with Gasteiger partial charge in [0.2, 0.25) is 0 Å². The fourth-order valence-electron chi connectivity index (χ4n) is 2.36. The van der Waals surface area contributed by atoms with Crippen LogP contribution in [0.25, 0.3) is 0 Å². The van der Waals surface area contributed by atoms with Crippen LogP contribution in [0.5, 0.6) is 0 Å². The predicted octanol–water partition coefficient (Wildman–Crippen LogP) is 4.31. The van der Waals surface area contributed by atoms with E-state index in [-0.39, 0.29) is 0 Å². The smallest absolute Gasteiger partial charge is 0.0517 e. The molecule has 2 N–H and O–H groups in total. The Kier molecular flexibility index (Phi) is 3.08. The molecule has 0 fully saturated rings. The summed E-state index contributed by atoms with van der Waals surface area (Å²) in [6.07, 6.45) is 0. The third kappa shape index (κ3) is 2.04. The van der Waals surface area contributed by atoms with Gasteiger partial charge in [0.15, 0.2) is 0 Å². The minimum absolute atomic E-state index is 0.877. The van der Waals surface area contributed by atoms with Gasteiger partial charge in [0.25, 0.3) is 0 Å². The van der Waals surface area contributed by atoms with Crippen LogP contribution in [-0.4, -0.2) is 0 Å². The average Bonchev–Trinajstić information content (AvgIpc) is 2.74. The van der Waals surface area contributed by atoms with Crippen LogP contribution in [0, 0.1) is 0 Å². The van der Waals surface area contributed by atoms with Crippen LogP contribution in [0.3, 0.4) is 0 Å². The largest absolute Gasteiger partial charge is 0.398 e. The SMILES string of the molecule is Nc1cccc2c1CN(c1ccc(Br)cc1Br)C2. The normalized spacial score (nSPS) is 13.8. The summed E-state index contributed by atoms with van der Waals surface area (Å²) in [5, 5.41) is 0. The lowest BCUT2D eigenvalue weighted by molar-refractivity contribution is 0.878. The van der Waals surface area contributed by atoms with Crippen molar-refractivity contribution in [3.8, 4) is 0 Å². The Labute approximate surface area is 123 Å². The van der Waals surface area contributed by atoms with Gasteiger partial charge in [0.1, 0.15) is 0 Å². The molecule has 0 unspecified atom stereocenters. The topological polar surface area (TPSA) is 29.3 Å². The standard InChI is InChI=1S/C14H12Br2N2/c15-10-4-5-14(12(16)6-10)18-7-9-2-1-3-13(17)11(9)8-18/h1-6H,7-8,17H2. The minimum atomic E-state index is 0.877. The lowest BCUT2D eigenvalue weighted by Gasteiger charge is -2.19. The van der Waals surface area contributed by atoms with Crippen molar-refractivity contribution >= 4 is 43.2 Å². The van der Waals surface area contributed by atoms with E-state index >= 15 is 0 Å². The molecule has 0 atom stereocenters. The van der Waals surface area contributed by atoms with E-state index in [1.54, 1.807) is 0 Å². The van der Waals surface area contributed by atoms with E-state index in [2.05, 4.69) is 61.0 Å². The zero-order valence-corrected chi connectivity index (χ0v) is 12.8. The average molecular weight is 368 g/mol. The molecular weight excluding hydrogens is 356 g/mol. The molecule has 0 saturated carbocycles. The van der Waals surface area contributed by atoms with Crippen molar-refractivity contribution in [3.63, 3.8) is 0 Å². The van der Waals surface area contributed by atoms with E-state index in [9.17, 15) is 0 Å². The molecule has 2 aromatic rings. The van der Waals surface area contributed by atoms with Gasteiger partial charge in [0.05, 0.1) is 5.69 Å². The number of nitrogens with two attached hydrogens (primary N) is 1. The predicted molar refractivity (Wildman–Crippen MR) is 82.6 cm³/mol. The van der Waals surface area contributed by atoms with Crippen LogP contribution in [0.2, 0.25) is 0 Å². The summed E-state index contributed by atoms with van der Waals surface area (Å²) in [6.45, 7) is 1.79. The number of halogens is 2. The van der Waals surface area contributed by atoms with Crippen LogP contribution in [0.1, 0.15) is 11.1 Å². The summed E-state index contributed by atoms with van der Waals surface area (Å²) in [7, 11) is 0. The second-order valence-corrected chi connectivity index (χ2v) is 6.21. The molecule has 2 aromatic carbocycles. The molecule has 3 rings (SSSR count). The summed E-state index contributed by atoms with van der Waals surface area (Å²) in [5.74, 6) is 0. The van der Waals surface area contributed by atoms with Crippen LogP contribution in [-0.2, 0) is 13.1 Å². The summed E-state index contributed by atoms with van der Waals surface area (Å²) in [4.78, 5) is 2.33. The maximum Gasteiger partial charge on any atom is 0.0517 e. The van der Waals surface area contributed by atoms with E-state index in [4.69, 9.17) is 5.73 Å². The first-order chi connectivity index (χ1) is 8.65. The fraction of sp³-hybridized carbons (Fsp3) is 0.143. The second kappa shape index (κ2) is 4.59. The maximum absolute atomic E-state index is 6.03. The van der Waals surface area contributed by atoms with Gasteiger partial charge in [-0.05, 0) is 51.3 Å². The van der Waals surface area contributed by atoms with Crippen molar-refractivity contribution in [1.82, 2.24) is 0 Å². The summed E-state index contributed by atoms with van der Waals surface area (Å²) < 4.78 is 2.18. The van der Waals surface area contributed by atoms with E-state index in [0.29, 0.717) is 0 Å². The van der Waals surface area contributed by atoms with E-state index in [1.807, 2.05) is 12.1 Å². The van der Waals surface area contributed by atoms with Crippen LogP contribution >= 0.6 is 31.9 Å². The lowest BCUT2D eigenvalue weighted by Crippen LogP contribution is -2.15. The number of fused-ring (bicyclic) bond motifs is 1. The molecule has 92 valence electrons. The Bertz CT molecular complexity index is 611. The summed E-state index contributed by atoms with van der Waals surface area (Å²) >= 11 is 7.09. The molecule has 0 amide bonds. The number of anilines is 2. The van der Waals surface area contributed by atoms with Gasteiger partial charge in [-0.15, -0.1) is 0 Å². The lowest BCUT2D eigenvalue weighted by atomic mass is 10.1. The van der Waals surface area contributed by atoms with Crippen molar-refractivity contribution in [2.24, 2.45) is 0 Å². The van der Waals surface area contributed by atoms with Crippen LogP contribution in [0.15, 0.2) is 45.3 Å². The molecule has 0 aromatic heterocycles. The van der Waals surface area contributed by atoms with Gasteiger partial charge in [0, 0.05) is 27.7 Å². The highest BCUT2D eigenvalue weighted by atomic mass is 79.9. The third-order valence-electron chi connectivity index (χ3n) is 3.27. The Balaban J connectivity index is 1.96. The molecule has 4 heteroatoms. The number of rotatable bonds is 1. The highest BCUT2D eigenvalue weighted by Crippen LogP contribution is 2.36. The molecule has 1 aliphatic rings. The van der Waals surface area contributed by atoms with Gasteiger partial charge < -0.3 is 10.6 Å². The van der Waals surface area contributed by atoms with E-state index in [1.165, 1.54) is 16.8 Å². The zero-order chi connectivity index (χ0) is 12.7. The van der Waals surface area contributed by atoms with Gasteiger partial charge in [-0.25, -0.2) is 0 Å². The number of benzene rings is 2. The minimum Gasteiger partial charge on any atom is -0.398 e. The van der Waals surface area contributed by atoms with E-state index < -0.39 is 0 Å². The summed E-state index contributed by atoms with van der Waals surface area (Å²) in [6, 6.07) is 12.4. The first-order valence-electron chi connectivity index (χ1n) is 5.71. The molecule has 0 bridgehead atoms. The highest BCUT2D eigenvalue weighted by Gasteiger charge is 2.22. The maximum atomic E-state index is 6.03. The van der Waals surface area contributed by atoms with Crippen molar-refractivity contribution in [3.05, 3.63) is 56.5 Å². The monoisotopic (exact) mass is 366 g/mol. The van der Waals surface area contributed by atoms with Crippen molar-refractivity contribution in [2.45, 2.75) is 13.1 Å². The Morgan fingerprint density at radius 1 is 1.06 bits per heavy atom. The number of nitrogens with zero attached hydrogens (tertiary/aromatic N) is 1. The quantitative estimate of drug-likeness (QED) is 0.760. The molecule has 2 nitrogen and oxygen atoms in total. The van der Waals surface area contributed by atoms with Gasteiger partial charge in [-0.3, -0.25) is 0 Å². The molecular formula is C14H12Br2N2. The van der Waals surface area contributed by atoms with Crippen LogP contribution in [0.4, 0.5) is 11.4 Å². The second-order valence-electron chi connectivity index (χ2n) is 4.44. The first-order valence-corrected chi connectivity index (χ1v) is 7.30. The number of hydrogen-bond acceptors (Lipinski definition) is 2. The highest BCUT2D eigenvalue weighted by molar-refractivity contribution is 9.11. The van der Waals surface area contributed by atoms with Gasteiger partial charge >= 0.3 is 0 Å². The Morgan fingerprint density at radius 3 is 2.61 bits per heavy atom. The number of nitrogen functional groups attached to an aromatic ring is 1. The Hall–Kier alpha value is -1.000. The molecule has 0 saturated heterocycles. The van der Waals surface area contributed by atoms with Gasteiger partial charge in [-0.1, -0.05) is 28.1 Å². The van der Waals surface area contributed by atoms with Gasteiger partial charge in [-0.2, -0.15) is 0 Å². The molecule has 0 aliphatic carbocycles. The molecule has 18 heavy (non-hydrogen) atoms. The molecule has 0 radical (unpaired) electrons. The van der Waals surface area contributed by atoms with E-state index in [0.717, 1.165) is 27.7 Å². The first kappa shape index (κ1) is 12.1. The fourth-order valence-corrected chi connectivity index (χ4v) is 3.65. The van der Waals surface area contributed by atoms with Crippen LogP contribution < -0.4 is 10.6 Å². The molecule has 0 spiro atoms. The third-order valence-corrected chi connectivity index (χ3v) is 4.40. The van der Waals surface area contributed by atoms with Crippen molar-refractivity contribution in [1.29, 1.82) is 0 Å². The Morgan fingerprint density at radius 2 is 1.89 bits per heavy atom. The van der Waals surface area contributed by atoms with Crippen molar-refractivity contribution in [2.75, 3.05) is 10.6 Å². The zero-order valence-electron chi connectivity index (χ0n) is 9.66. The number of hydrogen-bond donors (Lipinski definition) is 1. The molecule has 1 heterocycles. The van der Waals surface area contributed by atoms with Crippen molar-refractivity contribution < 1.29 is 0 Å². The summed E-state index contributed by atoms with van der Waals surface area (Å²) in [5.41, 5.74) is 10.7.